The van der Waals surface area contributed by atoms with E-state index in [9.17, 15) is 28.8 Å². The number of esters is 6. The first-order chi connectivity index (χ1) is 49.5. The summed E-state index contributed by atoms with van der Waals surface area (Å²) in [5, 5.41) is 0. The monoisotopic (exact) mass is 1440 g/mol. The molecule has 7 aromatic rings. The van der Waals surface area contributed by atoms with E-state index in [1.165, 1.54) is 41.5 Å². The van der Waals surface area contributed by atoms with Crippen LogP contribution in [0, 0.1) is 47.4 Å². The topological polar surface area (TPSA) is 222 Å². The molecule has 0 N–H and O–H groups in total. The minimum atomic E-state index is -0.395. The van der Waals surface area contributed by atoms with E-state index in [0.29, 0.717) is 78.8 Å². The molecular weight excluding hydrogens is 1360 g/mol. The average Bonchev–Trinajstić information content (AvgIpc) is 0.787. The molecule has 103 heavy (non-hydrogen) atoms. The van der Waals surface area contributed by atoms with E-state index in [0.717, 1.165) is 83.0 Å². The first-order valence-corrected chi connectivity index (χ1v) is 37.3. The van der Waals surface area contributed by atoms with E-state index < -0.39 is 5.97 Å². The molecule has 21 heteroatoms. The van der Waals surface area contributed by atoms with Crippen LogP contribution in [-0.2, 0) is 59.0 Å². The van der Waals surface area contributed by atoms with Gasteiger partial charge < -0.3 is 38.1 Å². The predicted octanol–water partition coefficient (Wildman–Crippen LogP) is 14.4. The van der Waals surface area contributed by atoms with E-state index in [2.05, 4.69) is 139 Å². The number of carbonyl (C=O) groups excluding carboxylic acids is 6. The third-order valence-electron chi connectivity index (χ3n) is 18.0. The molecule has 3 aromatic carbocycles. The number of aromatic nitrogens is 4. The maximum Gasteiger partial charge on any atom is 0.340 e. The summed E-state index contributed by atoms with van der Waals surface area (Å²) in [5.74, 6) is 17.0. The molecule has 4 aromatic heterocycles. The highest BCUT2D eigenvalue weighted by molar-refractivity contribution is 8.00. The lowest BCUT2D eigenvalue weighted by Gasteiger charge is -2.37. The quantitative estimate of drug-likeness (QED) is 0.0630. The Morgan fingerprint density at radius 1 is 0.456 bits per heavy atom. The Hall–Kier alpha value is -9.27. The smallest absolute Gasteiger partial charge is 0.340 e. The molecule has 534 valence electrons. The Morgan fingerprint density at radius 2 is 0.816 bits per heavy atom. The molecule has 3 unspecified atom stereocenters. The molecule has 5 aliphatic rings. The molecule has 5 aliphatic heterocycles. The molecular formula is C82H85N5O13S3. The van der Waals surface area contributed by atoms with Crippen molar-refractivity contribution >= 4 is 71.1 Å². The number of rotatable bonds is 12. The Bertz CT molecular complexity index is 4400. The van der Waals surface area contributed by atoms with E-state index in [-0.39, 0.29) is 74.2 Å². The van der Waals surface area contributed by atoms with Gasteiger partial charge in [-0.15, -0.1) is 0 Å². The number of likely N-dealkylation sites (tertiary alicyclic amines) is 1. The van der Waals surface area contributed by atoms with Crippen LogP contribution in [0.25, 0.3) is 0 Å². The summed E-state index contributed by atoms with van der Waals surface area (Å²) in [4.78, 5) is 95.5. The zero-order valence-corrected chi connectivity index (χ0v) is 62.2. The predicted molar refractivity (Wildman–Crippen MR) is 395 cm³/mol. The fourth-order valence-corrected chi connectivity index (χ4v) is 16.8. The zero-order valence-electron chi connectivity index (χ0n) is 59.8. The van der Waals surface area contributed by atoms with Gasteiger partial charge in [-0.05, 0) is 220 Å². The van der Waals surface area contributed by atoms with Gasteiger partial charge in [-0.1, -0.05) is 94.6 Å². The molecule has 0 radical (unpaired) electrons. The molecule has 0 bridgehead atoms. The van der Waals surface area contributed by atoms with Crippen molar-refractivity contribution in [2.75, 3.05) is 53.2 Å². The second kappa shape index (κ2) is 35.3. The normalized spacial score (nSPS) is 18.3. The first kappa shape index (κ1) is 76.4. The van der Waals surface area contributed by atoms with Gasteiger partial charge in [0.25, 0.3) is 0 Å². The highest BCUT2D eigenvalue weighted by atomic mass is 32.2. The number of fused-ring (bicyclic) bond motifs is 3. The number of carbonyl (C=O) groups is 6. The average molecular weight is 1440 g/mol. The van der Waals surface area contributed by atoms with Crippen molar-refractivity contribution in [2.45, 2.75) is 154 Å². The molecule has 0 aliphatic carbocycles. The number of thioether (sulfide) groups is 3. The molecule has 0 spiro atoms. The molecule has 0 amide bonds. The largest absolute Gasteiger partial charge is 0.462 e. The lowest BCUT2D eigenvalue weighted by atomic mass is 9.80. The van der Waals surface area contributed by atoms with Crippen molar-refractivity contribution in [1.82, 2.24) is 24.8 Å². The summed E-state index contributed by atoms with van der Waals surface area (Å²) in [6.07, 6.45) is 13.0. The molecule has 3 atom stereocenters. The van der Waals surface area contributed by atoms with Crippen LogP contribution in [-0.4, -0.2) is 130 Å². The zero-order chi connectivity index (χ0) is 73.3. The summed E-state index contributed by atoms with van der Waals surface area (Å²) < 4.78 is 37.9. The van der Waals surface area contributed by atoms with E-state index in [4.69, 9.17) is 33.2 Å². The van der Waals surface area contributed by atoms with Crippen LogP contribution in [0.2, 0.25) is 0 Å². The SMILES string of the molecule is CCOC(=O)c1ccc(C#Cc2ccc3c(c2)C(C)(C)CC(OC(=O)C2CCN(C)CC2)S3)nc1.CCOC(=O)c1ccc(C#Cc2ccc3c(c2)C(C)(C)CC(OC(=O)C2CCOCC2)S3)nc1.CCOC(=O)c1ccc(C#Cc2ccc3c(c2)C(C)(C)CC(OC(=O)c2cccnc2)S3)nc1. The molecule has 2 saturated heterocycles. The number of piperidine rings is 1. The first-order valence-electron chi connectivity index (χ1n) is 34.6. The van der Waals surface area contributed by atoms with Crippen LogP contribution in [0.1, 0.15) is 199 Å². The van der Waals surface area contributed by atoms with Crippen molar-refractivity contribution < 1.29 is 61.9 Å². The number of pyridine rings is 4. The van der Waals surface area contributed by atoms with Gasteiger partial charge in [0.05, 0.1) is 53.9 Å². The summed E-state index contributed by atoms with van der Waals surface area (Å²) in [6, 6.07) is 31.9. The Kier molecular flexibility index (Phi) is 26.2. The van der Waals surface area contributed by atoms with Crippen LogP contribution in [0.15, 0.2) is 149 Å². The van der Waals surface area contributed by atoms with Crippen molar-refractivity contribution in [1.29, 1.82) is 0 Å². The number of hydrogen-bond donors (Lipinski definition) is 0. The highest BCUT2D eigenvalue weighted by Crippen LogP contribution is 2.49. The van der Waals surface area contributed by atoms with Gasteiger partial charge in [-0.25, -0.2) is 34.1 Å². The number of benzene rings is 3. The van der Waals surface area contributed by atoms with E-state index >= 15 is 0 Å². The summed E-state index contributed by atoms with van der Waals surface area (Å²) >= 11 is 4.78. The molecule has 18 nitrogen and oxygen atoms in total. The van der Waals surface area contributed by atoms with E-state index in [1.807, 2.05) is 24.3 Å². The van der Waals surface area contributed by atoms with Gasteiger partial charge in [0, 0.05) is 94.8 Å². The van der Waals surface area contributed by atoms with Crippen molar-refractivity contribution in [3.05, 3.63) is 207 Å². The van der Waals surface area contributed by atoms with Gasteiger partial charge in [-0.3, -0.25) is 14.6 Å². The number of hydrogen-bond acceptors (Lipinski definition) is 21. The van der Waals surface area contributed by atoms with Gasteiger partial charge in [-0.2, -0.15) is 0 Å². The lowest BCUT2D eigenvalue weighted by molar-refractivity contribution is -0.154. The Morgan fingerprint density at radius 3 is 1.16 bits per heavy atom. The molecule has 2 fully saturated rings. The van der Waals surface area contributed by atoms with Crippen LogP contribution in [0.3, 0.4) is 0 Å². The number of nitrogens with zero attached hydrogens (tertiary/aromatic N) is 5. The second-order valence-corrected chi connectivity index (χ2v) is 30.8. The third-order valence-corrected chi connectivity index (χ3v) is 21.4. The second-order valence-electron chi connectivity index (χ2n) is 27.2. The van der Waals surface area contributed by atoms with Crippen molar-refractivity contribution in [3.8, 4) is 35.5 Å². The fourth-order valence-electron chi connectivity index (χ4n) is 12.2. The van der Waals surface area contributed by atoms with Crippen molar-refractivity contribution in [2.24, 2.45) is 11.8 Å². The fraction of sp³-hybridized carbons (Fsp3) is 0.390. The van der Waals surface area contributed by atoms with Crippen molar-refractivity contribution in [3.63, 3.8) is 0 Å². The summed E-state index contributed by atoms with van der Waals surface area (Å²) in [5.41, 5.74) is 8.50. The van der Waals surface area contributed by atoms with Gasteiger partial charge in [0.2, 0.25) is 0 Å². The maximum absolute atomic E-state index is 12.8. The molecule has 12 rings (SSSR count). The summed E-state index contributed by atoms with van der Waals surface area (Å²) in [7, 11) is 2.09. The van der Waals surface area contributed by atoms with Crippen LogP contribution >= 0.6 is 35.3 Å². The standard InChI is InChI=1S/C28H32N2O4S.C27H24N2O4S.C27H29NO5S/c1-5-33-26(31)21-8-10-22(29-18-21)9-6-19-7-11-24-23(16-19)28(2,3)17-25(35-24)34-27(32)20-12-14-30(4)15-13-20;1-4-32-25(30)20-9-11-21(29-17-20)10-7-18-8-12-23-22(14-18)27(2,3)15-24(34-23)33-26(31)19-6-5-13-28-16-19;1-4-32-25(29)20-7-9-21(28-17-20)8-5-18-6-10-23-22(15-18)27(2,3)16-24(34-23)33-26(30)19-11-13-31-14-12-19/h7-8,10-11,16,18,20,25H,5,12-15,17H2,1-4H3;5-6,8-9,11-14,16-17,24H,4,15H2,1-3H3;6-7,9-10,15,17,19,24H,4,11-14,16H2,1-3H3. The third kappa shape index (κ3) is 21.0. The Labute approximate surface area is 616 Å². The minimum absolute atomic E-state index is 0.00826. The van der Waals surface area contributed by atoms with E-state index in [1.54, 1.807) is 111 Å². The lowest BCUT2D eigenvalue weighted by Crippen LogP contribution is -2.37. The van der Waals surface area contributed by atoms with Crippen LogP contribution < -0.4 is 0 Å². The van der Waals surface area contributed by atoms with Crippen LogP contribution in [0.5, 0.6) is 0 Å². The van der Waals surface area contributed by atoms with Gasteiger partial charge >= 0.3 is 35.8 Å². The van der Waals surface area contributed by atoms with Gasteiger partial charge in [0.1, 0.15) is 17.1 Å². The van der Waals surface area contributed by atoms with Crippen LogP contribution in [0.4, 0.5) is 0 Å². The number of ether oxygens (including phenoxy) is 7. The molecule has 9 heterocycles. The Balaban J connectivity index is 0.000000166. The minimum Gasteiger partial charge on any atom is -0.462 e. The molecule has 0 saturated carbocycles. The summed E-state index contributed by atoms with van der Waals surface area (Å²) in [6.45, 7) is 22.4. The van der Waals surface area contributed by atoms with Gasteiger partial charge in [0.15, 0.2) is 16.3 Å². The highest BCUT2D eigenvalue weighted by Gasteiger charge is 2.40. The maximum atomic E-state index is 12.8.